The Kier molecular flexibility index (Phi) is 7.28. The maximum Gasteiger partial charge on any atom is 0.258 e. The first-order valence-corrected chi connectivity index (χ1v) is 15.1. The van der Waals surface area contributed by atoms with E-state index in [-0.39, 0.29) is 49.5 Å². The van der Waals surface area contributed by atoms with Gasteiger partial charge in [-0.05, 0) is 69.1 Å². The third-order valence-corrected chi connectivity index (χ3v) is 10.9. The monoisotopic (exact) mass is 580 g/mol. The van der Waals surface area contributed by atoms with Gasteiger partial charge in [0, 0.05) is 60.9 Å². The molecule has 1 aromatic heterocycles. The number of benzene rings is 1. The Morgan fingerprint density at radius 1 is 1.00 bits per heavy atom. The number of amides is 1. The lowest BCUT2D eigenvalue weighted by atomic mass is 9.93. The van der Waals surface area contributed by atoms with E-state index in [2.05, 4.69) is 20.2 Å². The van der Waals surface area contributed by atoms with Crippen molar-refractivity contribution in [3.63, 3.8) is 0 Å². The van der Waals surface area contributed by atoms with Crippen LogP contribution in [0.4, 0.5) is 26.2 Å². The van der Waals surface area contributed by atoms with Gasteiger partial charge in [0.15, 0.2) is 0 Å². The fourth-order valence-corrected chi connectivity index (χ4v) is 7.36. The summed E-state index contributed by atoms with van der Waals surface area (Å²) in [6.45, 7) is 3.73. The average molecular weight is 581 g/mol. The fourth-order valence-electron chi connectivity index (χ4n) is 5.62. The molecule has 2 aliphatic heterocycles. The Morgan fingerprint density at radius 2 is 1.64 bits per heavy atom. The highest BCUT2D eigenvalue weighted by molar-refractivity contribution is 7.93. The van der Waals surface area contributed by atoms with E-state index in [4.69, 9.17) is 4.78 Å². The number of hydrogen-bond acceptors (Lipinski definition) is 7. The highest BCUT2D eigenvalue weighted by atomic mass is 35.5. The molecule has 4 aliphatic rings. The van der Waals surface area contributed by atoms with Crippen LogP contribution in [0.1, 0.15) is 67.4 Å². The molecule has 2 N–H and O–H groups in total. The first-order chi connectivity index (χ1) is 18.0. The molecule has 39 heavy (non-hydrogen) atoms. The molecule has 2 aliphatic carbocycles. The first-order valence-electron chi connectivity index (χ1n) is 13.5. The minimum absolute atomic E-state index is 0. The van der Waals surface area contributed by atoms with Crippen LogP contribution in [-0.2, 0) is 9.73 Å². The van der Waals surface area contributed by atoms with Crippen LogP contribution < -0.4 is 15.1 Å². The van der Waals surface area contributed by atoms with Crippen molar-refractivity contribution >= 4 is 45.5 Å². The Balaban J connectivity index is 0.00000308. The molecule has 1 spiro atoms. The van der Waals surface area contributed by atoms with Crippen molar-refractivity contribution in [1.82, 2.24) is 9.97 Å². The molecule has 2 saturated carbocycles. The lowest BCUT2D eigenvalue weighted by molar-refractivity contribution is -0.0222. The summed E-state index contributed by atoms with van der Waals surface area (Å²) in [6, 6.07) is 6.79. The van der Waals surface area contributed by atoms with E-state index < -0.39 is 15.7 Å². The molecule has 8 nitrogen and oxygen atoms in total. The second-order valence-electron chi connectivity index (χ2n) is 11.5. The number of carbonyl (C=O) groups is 1. The predicted molar refractivity (Wildman–Crippen MR) is 150 cm³/mol. The molecule has 1 atom stereocenters. The average Bonchev–Trinajstić information content (AvgIpc) is 3.80. The molecule has 4 fully saturated rings. The molecule has 1 aromatic carbocycles. The number of aromatic nitrogens is 2. The normalized spacial score (nSPS) is 23.1. The molecule has 212 valence electrons. The lowest BCUT2D eigenvalue weighted by Crippen LogP contribution is -2.40. The number of piperidine rings is 2. The Morgan fingerprint density at radius 3 is 2.26 bits per heavy atom. The summed E-state index contributed by atoms with van der Waals surface area (Å²) < 4.78 is 49.0. The summed E-state index contributed by atoms with van der Waals surface area (Å²) in [6.07, 6.45) is 5.77. The molecule has 1 unspecified atom stereocenters. The highest BCUT2D eigenvalue weighted by Crippen LogP contribution is 2.54. The zero-order valence-corrected chi connectivity index (χ0v) is 23.7. The van der Waals surface area contributed by atoms with Crippen LogP contribution in [0, 0.1) is 17.1 Å². The van der Waals surface area contributed by atoms with Crippen molar-refractivity contribution in [2.45, 2.75) is 74.4 Å². The number of hydrogen-bond donors (Lipinski definition) is 2. The number of rotatable bonds is 6. The molecule has 12 heteroatoms. The van der Waals surface area contributed by atoms with Gasteiger partial charge < -0.3 is 15.1 Å². The number of nitrogens with one attached hydrogen (secondary N) is 2. The molecule has 3 heterocycles. The smallest absolute Gasteiger partial charge is 0.258 e. The largest absolute Gasteiger partial charge is 0.371 e. The Labute approximate surface area is 234 Å². The molecule has 6 rings (SSSR count). The minimum atomic E-state index is -2.91. The number of carbonyl (C=O) groups excluding carboxylic acids is 1. The number of anilines is 3. The van der Waals surface area contributed by atoms with Crippen molar-refractivity contribution in [2.75, 3.05) is 41.3 Å². The van der Waals surface area contributed by atoms with Gasteiger partial charge in [-0.25, -0.2) is 22.8 Å². The second-order valence-corrected chi connectivity index (χ2v) is 13.8. The lowest BCUT2D eigenvalue weighted by Gasteiger charge is -2.35. The van der Waals surface area contributed by atoms with Crippen molar-refractivity contribution in [1.29, 1.82) is 4.78 Å². The summed E-state index contributed by atoms with van der Waals surface area (Å²) in [5.41, 5.74) is 2.24. The summed E-state index contributed by atoms with van der Waals surface area (Å²) in [7, 11) is -2.91. The van der Waals surface area contributed by atoms with Crippen molar-refractivity contribution in [3.05, 3.63) is 35.5 Å². The van der Waals surface area contributed by atoms with Crippen LogP contribution in [0.3, 0.4) is 0 Å². The van der Waals surface area contributed by atoms with Gasteiger partial charge in [0.1, 0.15) is 5.82 Å². The van der Waals surface area contributed by atoms with Crippen LogP contribution in [0.2, 0.25) is 0 Å². The summed E-state index contributed by atoms with van der Waals surface area (Å²) in [5.74, 6) is -2.39. The molecule has 0 radical (unpaired) electrons. The van der Waals surface area contributed by atoms with Gasteiger partial charge >= 0.3 is 0 Å². The number of nitrogens with zero attached hydrogens (tertiary/aromatic N) is 4. The van der Waals surface area contributed by atoms with Crippen LogP contribution in [0.15, 0.2) is 29.2 Å². The van der Waals surface area contributed by atoms with Gasteiger partial charge in [0.2, 0.25) is 5.95 Å². The van der Waals surface area contributed by atoms with Crippen LogP contribution in [-0.4, -0.2) is 57.4 Å². The van der Waals surface area contributed by atoms with Gasteiger partial charge in [-0.15, -0.1) is 12.4 Å². The molecule has 2 saturated heterocycles. The first kappa shape index (κ1) is 28.0. The second kappa shape index (κ2) is 10.1. The van der Waals surface area contributed by atoms with E-state index >= 15 is 0 Å². The summed E-state index contributed by atoms with van der Waals surface area (Å²) in [5, 5.41) is 2.78. The van der Waals surface area contributed by atoms with E-state index in [1.807, 2.05) is 0 Å². The Hall–Kier alpha value is -2.53. The maximum absolute atomic E-state index is 13.6. The van der Waals surface area contributed by atoms with E-state index in [0.717, 1.165) is 38.8 Å². The van der Waals surface area contributed by atoms with Crippen molar-refractivity contribution in [3.8, 4) is 0 Å². The zero-order chi connectivity index (χ0) is 26.7. The quantitative estimate of drug-likeness (QED) is 0.458. The van der Waals surface area contributed by atoms with Crippen LogP contribution in [0.5, 0.6) is 0 Å². The molecule has 2 aromatic rings. The Bertz CT molecular complexity index is 1360. The zero-order valence-electron chi connectivity index (χ0n) is 22.0. The summed E-state index contributed by atoms with van der Waals surface area (Å²) >= 11 is 0. The number of alkyl halides is 2. The van der Waals surface area contributed by atoms with Gasteiger partial charge in [-0.1, -0.05) is 0 Å². The number of halogens is 3. The van der Waals surface area contributed by atoms with Gasteiger partial charge in [0.25, 0.3) is 11.8 Å². The van der Waals surface area contributed by atoms with Gasteiger partial charge in [-0.2, -0.15) is 4.98 Å². The molecule has 0 bridgehead atoms. The standard InChI is InChI=1S/C27H34F2N6O2S.ClH/c1-18-16-23(33-25(31-18)35-14-10-27(28,29)11-15-35)32-24(36)21-5-4-20(38(30,37)19-2-3-19)17-22(21)34-12-8-26(6-7-26)9-13-34;/h4-5,16-17,19,30H,2-3,6-15H2,1H3,(H,31,32,33,36);1H. The predicted octanol–water partition coefficient (Wildman–Crippen LogP) is 5.64. The SMILES string of the molecule is Cc1cc(NC(=O)c2ccc(S(=N)(=O)C3CC3)cc2N2CCC3(CC2)CC3)nc(N2CCC(F)(F)CC2)n1.Cl. The molecule has 1 amide bonds. The van der Waals surface area contributed by atoms with E-state index in [0.29, 0.717) is 39.0 Å². The molecular formula is C27H35ClF2N6O2S. The van der Waals surface area contributed by atoms with Crippen molar-refractivity contribution in [2.24, 2.45) is 5.41 Å². The van der Waals surface area contributed by atoms with E-state index in [1.54, 1.807) is 36.1 Å². The third-order valence-electron chi connectivity index (χ3n) is 8.54. The summed E-state index contributed by atoms with van der Waals surface area (Å²) in [4.78, 5) is 26.9. The number of aryl methyl sites for hydroxylation is 1. The molecular weight excluding hydrogens is 546 g/mol. The minimum Gasteiger partial charge on any atom is -0.371 e. The van der Waals surface area contributed by atoms with E-state index in [9.17, 15) is 17.8 Å². The van der Waals surface area contributed by atoms with Gasteiger partial charge in [0.05, 0.1) is 21.0 Å². The fraction of sp³-hybridized carbons (Fsp3) is 0.593. The van der Waals surface area contributed by atoms with Gasteiger partial charge in [-0.3, -0.25) is 4.79 Å². The third kappa shape index (κ3) is 5.84. The van der Waals surface area contributed by atoms with E-state index in [1.165, 1.54) is 12.8 Å². The highest BCUT2D eigenvalue weighted by Gasteiger charge is 2.45. The topological polar surface area (TPSA) is 102 Å². The maximum atomic E-state index is 13.6. The van der Waals surface area contributed by atoms with Crippen LogP contribution in [0.25, 0.3) is 0 Å². The van der Waals surface area contributed by atoms with Crippen LogP contribution >= 0.6 is 12.4 Å². The van der Waals surface area contributed by atoms with Crippen molar-refractivity contribution < 1.29 is 17.8 Å².